The molecule has 0 radical (unpaired) electrons. The third-order valence-corrected chi connectivity index (χ3v) is 4.34. The van der Waals surface area contributed by atoms with Crippen molar-refractivity contribution in [1.82, 2.24) is 9.78 Å². The highest BCUT2D eigenvalue weighted by atomic mass is 16.5. The van der Waals surface area contributed by atoms with Gasteiger partial charge in [-0.05, 0) is 36.4 Å². The Balaban J connectivity index is 1.84. The van der Waals surface area contributed by atoms with Crippen molar-refractivity contribution in [2.45, 2.75) is 0 Å². The van der Waals surface area contributed by atoms with Gasteiger partial charge in [-0.1, -0.05) is 36.4 Å². The maximum Gasteiger partial charge on any atom is 0.280 e. The van der Waals surface area contributed by atoms with Gasteiger partial charge >= 0.3 is 0 Å². The van der Waals surface area contributed by atoms with Crippen molar-refractivity contribution in [3.63, 3.8) is 0 Å². The van der Waals surface area contributed by atoms with E-state index in [0.29, 0.717) is 22.3 Å². The zero-order chi connectivity index (χ0) is 19.5. The molecule has 6 nitrogen and oxygen atoms in total. The number of nitrogens with one attached hydrogen (secondary N) is 1. The summed E-state index contributed by atoms with van der Waals surface area (Å²) < 4.78 is 6.78. The quantitative estimate of drug-likeness (QED) is 0.594. The summed E-state index contributed by atoms with van der Waals surface area (Å²) >= 11 is 0. The molecule has 0 unspecified atom stereocenters. The highest BCUT2D eigenvalue weighted by Gasteiger charge is 2.18. The average molecular weight is 371 g/mol. The molecule has 0 aliphatic carbocycles. The summed E-state index contributed by atoms with van der Waals surface area (Å²) in [4.78, 5) is 25.7. The first-order valence-electron chi connectivity index (χ1n) is 8.70. The molecular weight excluding hydrogens is 354 g/mol. The molecule has 0 atom stereocenters. The molecule has 3 aromatic carbocycles. The van der Waals surface area contributed by atoms with Crippen LogP contribution >= 0.6 is 0 Å². The molecule has 0 spiro atoms. The van der Waals surface area contributed by atoms with E-state index in [0.717, 1.165) is 5.69 Å². The normalized spacial score (nSPS) is 10.6. The van der Waals surface area contributed by atoms with E-state index < -0.39 is 11.3 Å². The number of ether oxygens (including phenoxy) is 1. The predicted molar refractivity (Wildman–Crippen MR) is 108 cm³/mol. The number of rotatable bonds is 4. The summed E-state index contributed by atoms with van der Waals surface area (Å²) in [5.74, 6) is 0.0275. The van der Waals surface area contributed by atoms with E-state index in [2.05, 4.69) is 10.4 Å². The number of benzene rings is 3. The zero-order valence-electron chi connectivity index (χ0n) is 15.1. The Kier molecular flexibility index (Phi) is 4.60. The number of nitrogens with zero attached hydrogens (tertiary/aromatic N) is 2. The molecule has 4 aromatic rings. The fourth-order valence-corrected chi connectivity index (χ4v) is 2.98. The van der Waals surface area contributed by atoms with Crippen molar-refractivity contribution in [3.8, 4) is 11.4 Å². The molecule has 138 valence electrons. The second-order valence-electron chi connectivity index (χ2n) is 6.13. The Hall–Kier alpha value is -3.93. The molecule has 0 saturated carbocycles. The van der Waals surface area contributed by atoms with Crippen LogP contribution in [0.3, 0.4) is 0 Å². The van der Waals surface area contributed by atoms with E-state index in [9.17, 15) is 9.59 Å². The van der Waals surface area contributed by atoms with Gasteiger partial charge in [0.2, 0.25) is 5.43 Å². The molecule has 4 rings (SSSR count). The molecule has 0 aliphatic heterocycles. The number of carbonyl (C=O) groups excluding carboxylic acids is 1. The molecule has 1 N–H and O–H groups in total. The summed E-state index contributed by atoms with van der Waals surface area (Å²) in [5.41, 5.74) is 1.32. The van der Waals surface area contributed by atoms with Gasteiger partial charge in [-0.25, -0.2) is 4.68 Å². The number of fused-ring (bicyclic) bond motifs is 1. The van der Waals surface area contributed by atoms with Gasteiger partial charge in [0.1, 0.15) is 5.75 Å². The van der Waals surface area contributed by atoms with E-state index in [1.807, 2.05) is 36.4 Å². The fraction of sp³-hybridized carbons (Fsp3) is 0.0455. The molecule has 1 aromatic heterocycles. The second-order valence-corrected chi connectivity index (χ2v) is 6.13. The molecule has 0 fully saturated rings. The minimum Gasteiger partial charge on any atom is -0.497 e. The Morgan fingerprint density at radius 2 is 1.71 bits per heavy atom. The van der Waals surface area contributed by atoms with Gasteiger partial charge in [-0.2, -0.15) is 5.10 Å². The number of para-hydroxylation sites is 2. The SMILES string of the molecule is COc1cccc(NC(=O)c2nn(-c3ccccc3)c3ccccc3c2=O)c1. The summed E-state index contributed by atoms with van der Waals surface area (Å²) in [7, 11) is 1.55. The number of methoxy groups -OCH3 is 1. The second kappa shape index (κ2) is 7.36. The number of hydrogen-bond acceptors (Lipinski definition) is 4. The van der Waals surface area contributed by atoms with E-state index in [1.165, 1.54) is 0 Å². The Labute approximate surface area is 161 Å². The molecule has 6 heteroatoms. The standard InChI is InChI=1S/C22H17N3O3/c1-28-17-11-7-8-15(14-17)23-22(27)20-21(26)18-12-5-6-13-19(18)25(24-20)16-9-3-2-4-10-16/h2-14H,1H3,(H,23,27). The predicted octanol–water partition coefficient (Wildman–Crippen LogP) is 3.65. The lowest BCUT2D eigenvalue weighted by molar-refractivity contribution is 0.102. The number of carbonyl (C=O) groups is 1. The lowest BCUT2D eigenvalue weighted by atomic mass is 10.2. The van der Waals surface area contributed by atoms with Crippen molar-refractivity contribution in [2.24, 2.45) is 0 Å². The number of anilines is 1. The third-order valence-electron chi connectivity index (χ3n) is 4.34. The molecule has 0 saturated heterocycles. The van der Waals surface area contributed by atoms with Crippen LogP contribution in [0.5, 0.6) is 5.75 Å². The first kappa shape index (κ1) is 17.5. The molecule has 1 heterocycles. The van der Waals surface area contributed by atoms with Gasteiger partial charge in [-0.15, -0.1) is 0 Å². The Bertz CT molecular complexity index is 1220. The highest BCUT2D eigenvalue weighted by Crippen LogP contribution is 2.18. The van der Waals surface area contributed by atoms with Gasteiger partial charge in [0.15, 0.2) is 5.69 Å². The van der Waals surface area contributed by atoms with Crippen molar-refractivity contribution in [1.29, 1.82) is 0 Å². The highest BCUT2D eigenvalue weighted by molar-refractivity contribution is 6.04. The van der Waals surface area contributed by atoms with Crippen LogP contribution in [0.15, 0.2) is 83.7 Å². The van der Waals surface area contributed by atoms with E-state index >= 15 is 0 Å². The van der Waals surface area contributed by atoms with Crippen molar-refractivity contribution in [3.05, 3.63) is 94.8 Å². The van der Waals surface area contributed by atoms with Crippen LogP contribution in [-0.2, 0) is 0 Å². The van der Waals surface area contributed by atoms with E-state index in [4.69, 9.17) is 4.74 Å². The van der Waals surface area contributed by atoms with Gasteiger partial charge in [0, 0.05) is 11.8 Å². The first-order chi connectivity index (χ1) is 13.7. The monoisotopic (exact) mass is 371 g/mol. The van der Waals surface area contributed by atoms with Gasteiger partial charge in [-0.3, -0.25) is 9.59 Å². The molecular formula is C22H17N3O3. The summed E-state index contributed by atoms with van der Waals surface area (Å²) in [6.45, 7) is 0. The van der Waals surface area contributed by atoms with Crippen molar-refractivity contribution < 1.29 is 9.53 Å². The van der Waals surface area contributed by atoms with Crippen molar-refractivity contribution >= 4 is 22.5 Å². The van der Waals surface area contributed by atoms with Crippen LogP contribution in [-0.4, -0.2) is 22.8 Å². The number of hydrogen-bond donors (Lipinski definition) is 1. The summed E-state index contributed by atoms with van der Waals surface area (Å²) in [6.07, 6.45) is 0. The molecule has 0 aliphatic rings. The maximum absolute atomic E-state index is 12.9. The molecule has 1 amide bonds. The van der Waals surface area contributed by atoms with Crippen LogP contribution in [0.2, 0.25) is 0 Å². The topological polar surface area (TPSA) is 73.2 Å². The number of amides is 1. The largest absolute Gasteiger partial charge is 0.497 e. The summed E-state index contributed by atoms with van der Waals surface area (Å²) in [6, 6.07) is 23.4. The maximum atomic E-state index is 12.9. The van der Waals surface area contributed by atoms with Crippen LogP contribution in [0, 0.1) is 0 Å². The lowest BCUT2D eigenvalue weighted by Gasteiger charge is -2.12. The van der Waals surface area contributed by atoms with E-state index in [1.54, 1.807) is 54.3 Å². The van der Waals surface area contributed by atoms with Crippen LogP contribution in [0.1, 0.15) is 10.5 Å². The third kappa shape index (κ3) is 3.23. The smallest absolute Gasteiger partial charge is 0.280 e. The minimum atomic E-state index is -0.575. The van der Waals surface area contributed by atoms with Crippen LogP contribution in [0.4, 0.5) is 5.69 Å². The average Bonchev–Trinajstić information content (AvgIpc) is 2.75. The van der Waals surface area contributed by atoms with Crippen LogP contribution in [0.25, 0.3) is 16.6 Å². The Morgan fingerprint density at radius 1 is 0.964 bits per heavy atom. The zero-order valence-corrected chi connectivity index (χ0v) is 15.1. The van der Waals surface area contributed by atoms with Crippen molar-refractivity contribution in [2.75, 3.05) is 12.4 Å². The van der Waals surface area contributed by atoms with Gasteiger partial charge in [0.05, 0.1) is 23.7 Å². The number of aromatic nitrogens is 2. The van der Waals surface area contributed by atoms with Gasteiger partial charge in [0.25, 0.3) is 5.91 Å². The molecule has 28 heavy (non-hydrogen) atoms. The molecule has 0 bridgehead atoms. The fourth-order valence-electron chi connectivity index (χ4n) is 2.98. The van der Waals surface area contributed by atoms with Gasteiger partial charge < -0.3 is 10.1 Å². The minimum absolute atomic E-state index is 0.176. The van der Waals surface area contributed by atoms with Crippen LogP contribution < -0.4 is 15.5 Å². The Morgan fingerprint density at radius 3 is 2.50 bits per heavy atom. The summed E-state index contributed by atoms with van der Waals surface area (Å²) in [5, 5.41) is 7.52. The first-order valence-corrected chi connectivity index (χ1v) is 8.70. The van der Waals surface area contributed by atoms with E-state index in [-0.39, 0.29) is 5.69 Å². The lowest BCUT2D eigenvalue weighted by Crippen LogP contribution is -2.26.